The molecule has 0 amide bonds. The van der Waals surface area contributed by atoms with Crippen LogP contribution < -0.4 is 21.3 Å². The van der Waals surface area contributed by atoms with Crippen molar-refractivity contribution >= 4 is 4.29 Å². The van der Waals surface area contributed by atoms with Gasteiger partial charge in [-0.3, -0.25) is 0 Å². The normalized spacial score (nSPS) is 9.29. The Morgan fingerprint density at radius 2 is 1.64 bits per heavy atom. The molecule has 1 aromatic heterocycles. The Morgan fingerprint density at radius 1 is 0.929 bits per heavy atom. The molecule has 0 spiro atoms. The van der Waals surface area contributed by atoms with E-state index >= 15 is 0 Å². The Balaban J connectivity index is 0.000000980. The molecule has 0 aliphatic rings. The Morgan fingerprint density at radius 3 is 2.29 bits per heavy atom. The van der Waals surface area contributed by atoms with E-state index in [9.17, 15) is 0 Å². The van der Waals surface area contributed by atoms with Gasteiger partial charge in [-0.25, -0.2) is 0 Å². The van der Waals surface area contributed by atoms with E-state index in [1.165, 1.54) is 15.4 Å². The van der Waals surface area contributed by atoms with Crippen molar-refractivity contribution in [3.63, 3.8) is 0 Å². The quantitative estimate of drug-likeness (QED) is 0.611. The predicted molar refractivity (Wildman–Crippen MR) is 49.3 cm³/mol. The molecule has 0 unspecified atom stereocenters. The fourth-order valence-corrected chi connectivity index (χ4v) is 1.97. The molecule has 0 bridgehead atoms. The molecule has 0 atom stereocenters. The molecule has 1 nitrogen and oxygen atoms in total. The van der Waals surface area contributed by atoms with Crippen LogP contribution in [0.5, 0.6) is 0 Å². The summed E-state index contributed by atoms with van der Waals surface area (Å²) in [7, 11) is 0. The molecular weight excluding hydrogens is 291 g/mol. The summed E-state index contributed by atoms with van der Waals surface area (Å²) in [6, 6.07) is 14.6. The van der Waals surface area contributed by atoms with Crippen LogP contribution in [-0.4, -0.2) is 4.98 Å². The van der Waals surface area contributed by atoms with Crippen LogP contribution in [0.3, 0.4) is 0 Å². The number of pyridine rings is 1. The average Bonchev–Trinajstić information content (AvgIpc) is 2.19. The van der Waals surface area contributed by atoms with E-state index in [1.54, 1.807) is 0 Å². The number of hydrogen-bond donors (Lipinski definition) is 0. The van der Waals surface area contributed by atoms with Crippen LogP contribution >= 0.6 is 0 Å². The second-order valence-electron chi connectivity index (χ2n) is 2.90. The third-order valence-corrected chi connectivity index (χ3v) is 2.74. The second kappa shape index (κ2) is 5.38. The molecule has 0 aliphatic heterocycles. The van der Waals surface area contributed by atoms with Gasteiger partial charge in [0.2, 0.25) is 0 Å². The summed E-state index contributed by atoms with van der Waals surface area (Å²) in [5.41, 5.74) is 2.52. The number of aromatic nitrogens is 1. The summed E-state index contributed by atoms with van der Waals surface area (Å²) in [6.45, 7) is 0. The second-order valence-corrected chi connectivity index (χ2v) is 4.42. The van der Waals surface area contributed by atoms with Gasteiger partial charge in [-0.2, -0.15) is 0 Å². The van der Waals surface area contributed by atoms with Gasteiger partial charge in [0, 0.05) is 0 Å². The van der Waals surface area contributed by atoms with Gasteiger partial charge in [0.15, 0.2) is 0 Å². The Hall–Kier alpha value is -0.527. The first-order chi connectivity index (χ1) is 6.36. The number of benzene rings is 1. The summed E-state index contributed by atoms with van der Waals surface area (Å²) >= 11 is 1.11. The van der Waals surface area contributed by atoms with Crippen molar-refractivity contribution in [3.05, 3.63) is 48.7 Å². The molecule has 0 saturated carbocycles. The van der Waals surface area contributed by atoms with Gasteiger partial charge in [0.1, 0.15) is 0 Å². The molecule has 1 aromatic carbocycles. The first kappa shape index (κ1) is 11.5. The van der Waals surface area contributed by atoms with E-state index in [1.807, 2.05) is 12.3 Å². The van der Waals surface area contributed by atoms with E-state index in [2.05, 4.69) is 41.4 Å². The maximum absolute atomic E-state index is 4.22. The zero-order valence-corrected chi connectivity index (χ0v) is 12.2. The van der Waals surface area contributed by atoms with Gasteiger partial charge in [0.05, 0.1) is 0 Å². The van der Waals surface area contributed by atoms with Gasteiger partial charge < -0.3 is 17.0 Å². The molecule has 2 rings (SSSR count). The fourth-order valence-electron chi connectivity index (χ4n) is 1.29. The van der Waals surface area contributed by atoms with Gasteiger partial charge in [-0.05, 0) is 0 Å². The van der Waals surface area contributed by atoms with Gasteiger partial charge >= 0.3 is 87.4 Å². The molecule has 0 fully saturated rings. The standard InChI is InChI=1S/C11H8N.BrH.Zn/c1-2-4-10(5-3-1)11-6-8-12-9-7-11;;/h1-8H;1H;/q;;+1/p-1. The van der Waals surface area contributed by atoms with E-state index < -0.39 is 0 Å². The summed E-state index contributed by atoms with van der Waals surface area (Å²) in [6.07, 6.45) is 1.88. The Bertz CT molecular complexity index is 403. The van der Waals surface area contributed by atoms with Crippen molar-refractivity contribution in [1.29, 1.82) is 0 Å². The first-order valence-corrected chi connectivity index (χ1v) is 5.68. The van der Waals surface area contributed by atoms with E-state index in [4.69, 9.17) is 0 Å². The molecule has 0 N–H and O–H groups in total. The van der Waals surface area contributed by atoms with Crippen molar-refractivity contribution in [3.8, 4) is 11.1 Å². The summed E-state index contributed by atoms with van der Waals surface area (Å²) in [4.78, 5) is 4.22. The summed E-state index contributed by atoms with van der Waals surface area (Å²) in [5.74, 6) is 0. The first-order valence-electron chi connectivity index (χ1n) is 4.20. The van der Waals surface area contributed by atoms with Crippen molar-refractivity contribution in [2.24, 2.45) is 0 Å². The molecular formula is C11H8BrNZn. The van der Waals surface area contributed by atoms with Crippen LogP contribution in [0, 0.1) is 0 Å². The number of hydrogen-bond acceptors (Lipinski definition) is 1. The minimum absolute atomic E-state index is 0. The van der Waals surface area contributed by atoms with Crippen LogP contribution in [-0.2, 0) is 18.3 Å². The van der Waals surface area contributed by atoms with E-state index in [-0.39, 0.29) is 17.0 Å². The summed E-state index contributed by atoms with van der Waals surface area (Å²) in [5, 5.41) is 0. The molecule has 14 heavy (non-hydrogen) atoms. The fraction of sp³-hybridized carbons (Fsp3) is 0. The monoisotopic (exact) mass is 297 g/mol. The van der Waals surface area contributed by atoms with E-state index in [0.717, 1.165) is 18.3 Å². The SMILES string of the molecule is [Br-].[Zn+][c]1cc(-c2ccccc2)ccn1. The van der Waals surface area contributed by atoms with Crippen LogP contribution in [0.1, 0.15) is 0 Å². The van der Waals surface area contributed by atoms with Gasteiger partial charge in [0.25, 0.3) is 0 Å². The topological polar surface area (TPSA) is 12.9 Å². The van der Waals surface area contributed by atoms with Crippen LogP contribution in [0.15, 0.2) is 48.7 Å². The van der Waals surface area contributed by atoms with Crippen LogP contribution in [0.25, 0.3) is 11.1 Å². The summed E-state index contributed by atoms with van der Waals surface area (Å²) < 4.78 is 1.18. The average molecular weight is 299 g/mol. The Labute approximate surface area is 104 Å². The van der Waals surface area contributed by atoms with Crippen molar-refractivity contribution < 1.29 is 35.3 Å². The molecule has 1 heterocycles. The molecule has 3 heteroatoms. The van der Waals surface area contributed by atoms with Gasteiger partial charge in [-0.15, -0.1) is 0 Å². The molecule has 2 aromatic rings. The minimum atomic E-state index is 0. The number of nitrogens with zero attached hydrogens (tertiary/aromatic N) is 1. The number of rotatable bonds is 1. The van der Waals surface area contributed by atoms with Crippen molar-refractivity contribution in [2.75, 3.05) is 0 Å². The van der Waals surface area contributed by atoms with Crippen molar-refractivity contribution in [2.45, 2.75) is 0 Å². The van der Waals surface area contributed by atoms with Gasteiger partial charge in [-0.1, -0.05) is 0 Å². The molecule has 0 aliphatic carbocycles. The zero-order chi connectivity index (χ0) is 9.10. The molecule has 0 saturated heterocycles. The van der Waals surface area contributed by atoms with Crippen molar-refractivity contribution in [1.82, 2.24) is 4.98 Å². The molecule has 66 valence electrons. The Kier molecular flexibility index (Phi) is 4.44. The zero-order valence-electron chi connectivity index (χ0n) is 7.65. The van der Waals surface area contributed by atoms with Crippen LogP contribution in [0.2, 0.25) is 0 Å². The third kappa shape index (κ3) is 2.73. The predicted octanol–water partition coefficient (Wildman–Crippen LogP) is -1.08. The van der Waals surface area contributed by atoms with Crippen LogP contribution in [0.4, 0.5) is 0 Å². The molecule has 0 radical (unpaired) electrons. The third-order valence-electron chi connectivity index (χ3n) is 1.92. The van der Waals surface area contributed by atoms with E-state index in [0.29, 0.717) is 0 Å². The number of halogens is 1. The maximum atomic E-state index is 4.22.